The lowest BCUT2D eigenvalue weighted by Gasteiger charge is -2.68. The zero-order valence-corrected chi connectivity index (χ0v) is 15.9. The average Bonchev–Trinajstić information content (AvgIpc) is 3.15. The van der Waals surface area contributed by atoms with E-state index in [0.717, 1.165) is 12.8 Å². The Kier molecular flexibility index (Phi) is 2.66. The number of benzene rings is 1. The zero-order chi connectivity index (χ0) is 17.8. The van der Waals surface area contributed by atoms with Crippen molar-refractivity contribution in [3.05, 3.63) is 29.8 Å². The van der Waals surface area contributed by atoms with Crippen LogP contribution in [0.2, 0.25) is 0 Å². The Morgan fingerprint density at radius 1 is 1.19 bits per heavy atom. The topological polar surface area (TPSA) is 38.3 Å². The maximum atomic E-state index is 13.0. The zero-order valence-electron chi connectivity index (χ0n) is 15.9. The van der Waals surface area contributed by atoms with Crippen molar-refractivity contribution in [2.24, 2.45) is 11.3 Å². The lowest BCUT2D eigenvalue weighted by atomic mass is 9.38. The van der Waals surface area contributed by atoms with Crippen molar-refractivity contribution in [1.29, 1.82) is 0 Å². The monoisotopic (exact) mass is 353 g/mol. The first-order valence-electron chi connectivity index (χ1n) is 10.3. The molecule has 138 valence electrons. The van der Waals surface area contributed by atoms with Gasteiger partial charge in [0.05, 0.1) is 44.1 Å². The van der Waals surface area contributed by atoms with Crippen LogP contribution < -0.4 is 5.32 Å². The van der Waals surface area contributed by atoms with Crippen LogP contribution in [-0.4, -0.2) is 49.3 Å². The van der Waals surface area contributed by atoms with Crippen LogP contribution in [0.5, 0.6) is 0 Å². The van der Waals surface area contributed by atoms with Gasteiger partial charge < -0.3 is 14.5 Å². The molecule has 3 aliphatic carbocycles. The third-order valence-electron chi connectivity index (χ3n) is 9.30. The number of hydrogen-bond acceptors (Lipinski definition) is 3. The van der Waals surface area contributed by atoms with Gasteiger partial charge in [0.25, 0.3) is 0 Å². The SMILES string of the molecule is COC(=O)[C@@H]1C[C@@]23CCC[N@+]4(C)CC[C@@]5(c6ccccc6N[C@@]15CC2)[C@@H]34. The number of rotatable bonds is 1. The summed E-state index contributed by atoms with van der Waals surface area (Å²) in [5.74, 6) is -0.0107. The van der Waals surface area contributed by atoms with Crippen LogP contribution in [0.4, 0.5) is 5.69 Å². The van der Waals surface area contributed by atoms with Crippen LogP contribution in [0.1, 0.15) is 44.1 Å². The molecule has 6 aliphatic rings. The van der Waals surface area contributed by atoms with Gasteiger partial charge in [-0.15, -0.1) is 0 Å². The molecule has 1 N–H and O–H groups in total. The predicted octanol–water partition coefficient (Wildman–Crippen LogP) is 3.07. The molecule has 6 atom stereocenters. The van der Waals surface area contributed by atoms with E-state index >= 15 is 0 Å². The number of likely N-dealkylation sites (N-methyl/N-ethyl adjacent to an activating group) is 1. The summed E-state index contributed by atoms with van der Waals surface area (Å²) in [5.41, 5.74) is 3.02. The summed E-state index contributed by atoms with van der Waals surface area (Å²) in [6, 6.07) is 9.56. The van der Waals surface area contributed by atoms with Gasteiger partial charge in [0.2, 0.25) is 0 Å². The van der Waals surface area contributed by atoms with Gasteiger partial charge in [-0.2, -0.15) is 0 Å². The minimum absolute atomic E-state index is 0.00822. The van der Waals surface area contributed by atoms with Crippen molar-refractivity contribution >= 4 is 11.7 Å². The second kappa shape index (κ2) is 4.46. The van der Waals surface area contributed by atoms with Crippen LogP contribution >= 0.6 is 0 Å². The Bertz CT molecular complexity index is 824. The molecule has 0 radical (unpaired) electrons. The quantitative estimate of drug-likeness (QED) is 0.623. The number of fused-ring (bicyclic) bond motifs is 3. The highest BCUT2D eigenvalue weighted by Gasteiger charge is 2.83. The van der Waals surface area contributed by atoms with Gasteiger partial charge in [0, 0.05) is 17.5 Å². The van der Waals surface area contributed by atoms with E-state index in [1.165, 1.54) is 54.5 Å². The van der Waals surface area contributed by atoms with E-state index in [0.29, 0.717) is 11.5 Å². The third kappa shape index (κ3) is 1.38. The van der Waals surface area contributed by atoms with Crippen molar-refractivity contribution in [2.75, 3.05) is 32.6 Å². The van der Waals surface area contributed by atoms with Gasteiger partial charge >= 0.3 is 5.97 Å². The molecular weight excluding hydrogens is 324 g/mol. The number of quaternary nitrogens is 1. The largest absolute Gasteiger partial charge is 0.469 e. The molecule has 0 unspecified atom stereocenters. The molecule has 5 fully saturated rings. The van der Waals surface area contributed by atoms with E-state index in [-0.39, 0.29) is 22.8 Å². The number of nitrogens with one attached hydrogen (secondary N) is 1. The van der Waals surface area contributed by atoms with Crippen molar-refractivity contribution < 1.29 is 14.0 Å². The minimum atomic E-state index is -0.149. The summed E-state index contributed by atoms with van der Waals surface area (Å²) in [7, 11) is 4.07. The molecule has 4 heteroatoms. The van der Waals surface area contributed by atoms with Crippen molar-refractivity contribution in [3.8, 4) is 0 Å². The van der Waals surface area contributed by atoms with Gasteiger partial charge in [-0.1, -0.05) is 18.2 Å². The Hall–Kier alpha value is -1.55. The number of methoxy groups -OCH3 is 1. The number of nitrogens with zero attached hydrogens (tertiary/aromatic N) is 1. The molecule has 1 aromatic rings. The number of anilines is 1. The normalized spacial score (nSPS) is 49.8. The van der Waals surface area contributed by atoms with E-state index in [9.17, 15) is 4.79 Å². The Morgan fingerprint density at radius 2 is 2.04 bits per heavy atom. The molecule has 1 aromatic carbocycles. The fourth-order valence-corrected chi connectivity index (χ4v) is 8.79. The fraction of sp³-hybridized carbons (Fsp3) is 0.682. The highest BCUT2D eigenvalue weighted by Crippen LogP contribution is 2.75. The Balaban J connectivity index is 1.67. The first-order chi connectivity index (χ1) is 12.5. The second-order valence-corrected chi connectivity index (χ2v) is 9.94. The molecule has 4 nitrogen and oxygen atoms in total. The van der Waals surface area contributed by atoms with Gasteiger partial charge in [0.15, 0.2) is 0 Å². The number of piperidine rings is 1. The van der Waals surface area contributed by atoms with Crippen molar-refractivity contribution in [1.82, 2.24) is 0 Å². The van der Waals surface area contributed by atoms with E-state index in [1.54, 1.807) is 7.11 Å². The van der Waals surface area contributed by atoms with Crippen molar-refractivity contribution in [3.63, 3.8) is 0 Å². The summed E-state index contributed by atoms with van der Waals surface area (Å²) in [6.45, 7) is 2.55. The van der Waals surface area contributed by atoms with Gasteiger partial charge in [-0.25, -0.2) is 0 Å². The summed E-state index contributed by atoms with van der Waals surface area (Å²) >= 11 is 0. The van der Waals surface area contributed by atoms with E-state index in [2.05, 4.69) is 36.6 Å². The fourth-order valence-electron chi connectivity index (χ4n) is 8.79. The number of carbonyl (C=O) groups excluding carboxylic acids is 1. The van der Waals surface area contributed by atoms with Gasteiger partial charge in [0.1, 0.15) is 6.04 Å². The van der Waals surface area contributed by atoms with E-state index in [4.69, 9.17) is 4.74 Å². The standard InChI is InChI=1S/C22H29N2O2/c1-24-12-5-8-20-9-10-22(16(14-20)18(25)26-2)21(11-13-24,19(20)24)15-6-3-4-7-17(15)23-22/h3-4,6-7,16,19,23H,5,8-14H2,1-2H3/q+1/t16-,19+,20+,21+,22-,24+/m0/s1. The highest BCUT2D eigenvalue weighted by atomic mass is 16.5. The molecule has 3 spiro atoms. The molecule has 0 aromatic heterocycles. The predicted molar refractivity (Wildman–Crippen MR) is 99.8 cm³/mol. The van der Waals surface area contributed by atoms with Crippen LogP contribution in [0, 0.1) is 11.3 Å². The number of ether oxygens (including phenoxy) is 1. The van der Waals surface area contributed by atoms with Crippen LogP contribution in [0.25, 0.3) is 0 Å². The Morgan fingerprint density at radius 3 is 2.88 bits per heavy atom. The molecule has 3 saturated carbocycles. The molecule has 2 bridgehead atoms. The lowest BCUT2D eigenvalue weighted by Crippen LogP contribution is -2.79. The maximum absolute atomic E-state index is 13.0. The van der Waals surface area contributed by atoms with Crippen LogP contribution in [-0.2, 0) is 14.9 Å². The molecular formula is C22H29N2O2+. The van der Waals surface area contributed by atoms with Crippen molar-refractivity contribution in [2.45, 2.75) is 55.5 Å². The molecule has 3 aliphatic heterocycles. The summed E-state index contributed by atoms with van der Waals surface area (Å²) in [5, 5.41) is 3.96. The molecule has 7 rings (SSSR count). The average molecular weight is 353 g/mol. The number of esters is 1. The third-order valence-corrected chi connectivity index (χ3v) is 9.30. The number of hydrogen-bond donors (Lipinski definition) is 1. The van der Waals surface area contributed by atoms with Gasteiger partial charge in [-0.3, -0.25) is 4.79 Å². The maximum Gasteiger partial charge on any atom is 0.311 e. The molecule has 3 heterocycles. The molecule has 2 saturated heterocycles. The smallest absolute Gasteiger partial charge is 0.311 e. The first-order valence-corrected chi connectivity index (χ1v) is 10.3. The number of carbonyl (C=O) groups is 1. The molecule has 26 heavy (non-hydrogen) atoms. The van der Waals surface area contributed by atoms with E-state index < -0.39 is 0 Å². The summed E-state index contributed by atoms with van der Waals surface area (Å²) in [4.78, 5) is 13.0. The summed E-state index contributed by atoms with van der Waals surface area (Å²) in [6.07, 6.45) is 7.19. The minimum Gasteiger partial charge on any atom is -0.469 e. The number of para-hydroxylation sites is 1. The lowest BCUT2D eigenvalue weighted by molar-refractivity contribution is -0.939. The summed E-state index contributed by atoms with van der Waals surface area (Å²) < 4.78 is 6.58. The van der Waals surface area contributed by atoms with Gasteiger partial charge in [-0.05, 0) is 43.7 Å². The molecule has 0 amide bonds. The van der Waals surface area contributed by atoms with Crippen LogP contribution in [0.3, 0.4) is 0 Å². The first kappa shape index (κ1) is 15.5. The Labute approximate surface area is 155 Å². The highest BCUT2D eigenvalue weighted by molar-refractivity contribution is 5.80. The van der Waals surface area contributed by atoms with Crippen LogP contribution in [0.15, 0.2) is 24.3 Å². The van der Waals surface area contributed by atoms with E-state index in [1.807, 2.05) is 0 Å². The second-order valence-electron chi connectivity index (χ2n) is 9.94.